The predicted octanol–water partition coefficient (Wildman–Crippen LogP) is 3.88. The molecule has 1 aromatic heterocycles. The van der Waals surface area contributed by atoms with Gasteiger partial charge in [0.1, 0.15) is 0 Å². The third kappa shape index (κ3) is 5.39. The van der Waals surface area contributed by atoms with E-state index in [4.69, 9.17) is 4.74 Å². The average molecular weight is 407 g/mol. The first-order valence-electron chi connectivity index (χ1n) is 9.26. The maximum atomic E-state index is 12.7. The summed E-state index contributed by atoms with van der Waals surface area (Å²) in [5, 5.41) is 4.57. The molecule has 1 unspecified atom stereocenters. The number of ether oxygens (including phenoxy) is 1. The van der Waals surface area contributed by atoms with Gasteiger partial charge in [0.2, 0.25) is 5.78 Å². The Hall–Kier alpha value is -3.25. The highest BCUT2D eigenvalue weighted by Crippen LogP contribution is 2.19. The molecule has 0 radical (unpaired) electrons. The highest BCUT2D eigenvalue weighted by molar-refractivity contribution is 7.12. The first-order chi connectivity index (χ1) is 14.1. The highest BCUT2D eigenvalue weighted by atomic mass is 32.1. The minimum Gasteiger partial charge on any atom is -0.449 e. The quantitative estimate of drug-likeness (QED) is 0.454. The Balaban J connectivity index is 1.59. The fourth-order valence-electron chi connectivity index (χ4n) is 2.80. The van der Waals surface area contributed by atoms with Crippen LogP contribution in [0.15, 0.2) is 72.1 Å². The van der Waals surface area contributed by atoms with E-state index in [9.17, 15) is 14.4 Å². The van der Waals surface area contributed by atoms with Gasteiger partial charge in [-0.05, 0) is 36.4 Å². The molecule has 0 aliphatic rings. The lowest BCUT2D eigenvalue weighted by Crippen LogP contribution is -2.37. The van der Waals surface area contributed by atoms with Crippen molar-refractivity contribution in [1.82, 2.24) is 5.32 Å². The van der Waals surface area contributed by atoms with Crippen LogP contribution >= 0.6 is 11.3 Å². The summed E-state index contributed by atoms with van der Waals surface area (Å²) in [4.78, 5) is 38.0. The van der Waals surface area contributed by atoms with Crippen LogP contribution < -0.4 is 5.32 Å². The molecule has 0 bridgehead atoms. The standard InChI is InChI=1S/C23H21NO4S/c1-16(22(26)24-14-13-17-8-3-2-4-9-17)28-23(27)19-11-6-5-10-18(19)21(25)20-12-7-15-29-20/h2-12,15-16H,13-14H2,1H3,(H,24,26). The molecule has 2 aromatic carbocycles. The number of rotatable bonds is 8. The van der Waals surface area contributed by atoms with Crippen molar-refractivity contribution in [2.75, 3.05) is 6.54 Å². The summed E-state index contributed by atoms with van der Waals surface area (Å²) in [5.74, 6) is -1.32. The van der Waals surface area contributed by atoms with Crippen molar-refractivity contribution in [2.24, 2.45) is 0 Å². The van der Waals surface area contributed by atoms with E-state index < -0.39 is 12.1 Å². The molecule has 3 aromatic rings. The molecule has 1 atom stereocenters. The molecule has 0 saturated carbocycles. The first-order valence-corrected chi connectivity index (χ1v) is 10.1. The Morgan fingerprint density at radius 2 is 1.62 bits per heavy atom. The Morgan fingerprint density at radius 1 is 0.931 bits per heavy atom. The first kappa shape index (κ1) is 20.5. The van der Waals surface area contributed by atoms with Crippen molar-refractivity contribution in [3.05, 3.63) is 93.7 Å². The predicted molar refractivity (Wildman–Crippen MR) is 112 cm³/mol. The van der Waals surface area contributed by atoms with Gasteiger partial charge in [0.05, 0.1) is 10.4 Å². The van der Waals surface area contributed by atoms with Gasteiger partial charge in [-0.3, -0.25) is 9.59 Å². The van der Waals surface area contributed by atoms with Crippen molar-refractivity contribution in [1.29, 1.82) is 0 Å². The van der Waals surface area contributed by atoms with E-state index >= 15 is 0 Å². The summed E-state index contributed by atoms with van der Waals surface area (Å²) < 4.78 is 5.31. The Kier molecular flexibility index (Phi) is 6.92. The number of hydrogen-bond acceptors (Lipinski definition) is 5. The molecule has 148 valence electrons. The van der Waals surface area contributed by atoms with Gasteiger partial charge in [-0.2, -0.15) is 0 Å². The number of ketones is 1. The van der Waals surface area contributed by atoms with Crippen LogP contribution in [0.25, 0.3) is 0 Å². The monoisotopic (exact) mass is 407 g/mol. The number of esters is 1. The summed E-state index contributed by atoms with van der Waals surface area (Å²) in [7, 11) is 0. The second kappa shape index (κ2) is 9.80. The van der Waals surface area contributed by atoms with Gasteiger partial charge in [-0.15, -0.1) is 11.3 Å². The lowest BCUT2D eigenvalue weighted by Gasteiger charge is -2.15. The summed E-state index contributed by atoms with van der Waals surface area (Å²) in [6, 6.07) is 19.7. The molecule has 0 aliphatic heterocycles. The molecule has 29 heavy (non-hydrogen) atoms. The van der Waals surface area contributed by atoms with Crippen molar-refractivity contribution in [2.45, 2.75) is 19.4 Å². The molecule has 3 rings (SSSR count). The Morgan fingerprint density at radius 3 is 2.31 bits per heavy atom. The number of nitrogens with one attached hydrogen (secondary N) is 1. The maximum Gasteiger partial charge on any atom is 0.339 e. The molecule has 0 saturated heterocycles. The molecule has 1 amide bonds. The topological polar surface area (TPSA) is 72.5 Å². The second-order valence-electron chi connectivity index (χ2n) is 6.43. The fourth-order valence-corrected chi connectivity index (χ4v) is 3.47. The van der Waals surface area contributed by atoms with Crippen LogP contribution in [0.5, 0.6) is 0 Å². The number of thiophene rings is 1. The lowest BCUT2D eigenvalue weighted by atomic mass is 10.0. The molecule has 0 fully saturated rings. The van der Waals surface area contributed by atoms with Crippen LogP contribution in [0.3, 0.4) is 0 Å². The van der Waals surface area contributed by atoms with E-state index in [2.05, 4.69) is 5.32 Å². The zero-order chi connectivity index (χ0) is 20.6. The zero-order valence-corrected chi connectivity index (χ0v) is 16.8. The van der Waals surface area contributed by atoms with Crippen LogP contribution in [0.4, 0.5) is 0 Å². The third-order valence-electron chi connectivity index (χ3n) is 4.35. The van der Waals surface area contributed by atoms with Gasteiger partial charge in [-0.25, -0.2) is 4.79 Å². The van der Waals surface area contributed by atoms with Gasteiger partial charge < -0.3 is 10.1 Å². The van der Waals surface area contributed by atoms with Gasteiger partial charge in [0, 0.05) is 12.1 Å². The van der Waals surface area contributed by atoms with Gasteiger partial charge >= 0.3 is 5.97 Å². The summed E-state index contributed by atoms with van der Waals surface area (Å²) >= 11 is 1.31. The van der Waals surface area contributed by atoms with Crippen LogP contribution in [-0.4, -0.2) is 30.3 Å². The van der Waals surface area contributed by atoms with Crippen LogP contribution in [0.2, 0.25) is 0 Å². The van der Waals surface area contributed by atoms with Crippen molar-refractivity contribution < 1.29 is 19.1 Å². The van der Waals surface area contributed by atoms with E-state index in [1.54, 1.807) is 35.7 Å². The largest absolute Gasteiger partial charge is 0.449 e. The van der Waals surface area contributed by atoms with Crippen molar-refractivity contribution in [3.63, 3.8) is 0 Å². The van der Waals surface area contributed by atoms with Crippen molar-refractivity contribution >= 4 is 29.0 Å². The molecular weight excluding hydrogens is 386 g/mol. The van der Waals surface area contributed by atoms with Crippen molar-refractivity contribution in [3.8, 4) is 0 Å². The van der Waals surface area contributed by atoms with E-state index in [1.807, 2.05) is 30.3 Å². The number of amides is 1. The molecule has 0 aliphatic carbocycles. The van der Waals surface area contributed by atoms with E-state index in [0.717, 1.165) is 5.56 Å². The third-order valence-corrected chi connectivity index (χ3v) is 5.21. The minimum atomic E-state index is -0.969. The Labute approximate surface area is 173 Å². The number of hydrogen-bond donors (Lipinski definition) is 1. The summed E-state index contributed by atoms with van der Waals surface area (Å²) in [5.41, 5.74) is 1.52. The molecule has 5 nitrogen and oxygen atoms in total. The molecule has 0 spiro atoms. The van der Waals surface area contributed by atoms with Gasteiger partial charge in [0.15, 0.2) is 6.10 Å². The zero-order valence-electron chi connectivity index (χ0n) is 16.0. The fraction of sp³-hybridized carbons (Fsp3) is 0.174. The minimum absolute atomic E-state index is 0.148. The van der Waals surface area contributed by atoms with E-state index in [0.29, 0.717) is 17.8 Å². The maximum absolute atomic E-state index is 12.7. The number of benzene rings is 2. The summed E-state index contributed by atoms with van der Waals surface area (Å²) in [6.45, 7) is 1.96. The number of carbonyl (C=O) groups excluding carboxylic acids is 3. The molecule has 1 N–H and O–H groups in total. The Bertz CT molecular complexity index is 983. The smallest absolute Gasteiger partial charge is 0.339 e. The van der Waals surface area contributed by atoms with Crippen LogP contribution in [0.1, 0.15) is 38.1 Å². The van der Waals surface area contributed by atoms with Gasteiger partial charge in [0.25, 0.3) is 5.91 Å². The van der Waals surface area contributed by atoms with E-state index in [-0.39, 0.29) is 22.8 Å². The van der Waals surface area contributed by atoms with E-state index in [1.165, 1.54) is 24.3 Å². The molecule has 1 heterocycles. The lowest BCUT2D eigenvalue weighted by molar-refractivity contribution is -0.129. The average Bonchev–Trinajstić information content (AvgIpc) is 3.28. The molecule has 6 heteroatoms. The number of carbonyl (C=O) groups is 3. The van der Waals surface area contributed by atoms with Gasteiger partial charge in [-0.1, -0.05) is 54.6 Å². The normalized spacial score (nSPS) is 11.5. The summed E-state index contributed by atoms with van der Waals surface area (Å²) in [6.07, 6.45) is -0.283. The highest BCUT2D eigenvalue weighted by Gasteiger charge is 2.23. The SMILES string of the molecule is CC(OC(=O)c1ccccc1C(=O)c1cccs1)C(=O)NCCc1ccccc1. The second-order valence-corrected chi connectivity index (χ2v) is 7.37. The van der Waals surface area contributed by atoms with Crippen LogP contribution in [-0.2, 0) is 16.0 Å². The van der Waals surface area contributed by atoms with Crippen LogP contribution in [0, 0.1) is 0 Å². The molecular formula is C23H21NO4S.